The molecule has 0 aliphatic carbocycles. The molecular formula is C118H80N14. The molecule has 0 radical (unpaired) electrons. The van der Waals surface area contributed by atoms with E-state index in [2.05, 4.69) is 227 Å². The summed E-state index contributed by atoms with van der Waals surface area (Å²) < 4.78 is 0. The Morgan fingerprint density at radius 2 is 0.402 bits per heavy atom. The van der Waals surface area contributed by atoms with Gasteiger partial charge in [0.25, 0.3) is 0 Å². The van der Waals surface area contributed by atoms with Crippen LogP contribution in [-0.4, -0.2) is 69.8 Å². The van der Waals surface area contributed by atoms with Gasteiger partial charge in [0, 0.05) is 108 Å². The van der Waals surface area contributed by atoms with Gasteiger partial charge < -0.3 is 0 Å². The molecule has 7 aromatic heterocycles. The molecule has 0 atom stereocenters. The van der Waals surface area contributed by atoms with Crippen LogP contribution in [-0.2, 0) is 0 Å². The Labute approximate surface area is 764 Å². The van der Waals surface area contributed by atoms with E-state index in [-0.39, 0.29) is 0 Å². The number of nitrogens with zero attached hydrogens (tertiary/aromatic N) is 14. The Morgan fingerprint density at radius 3 is 0.773 bits per heavy atom. The average molecular weight is 1690 g/mol. The smallest absolute Gasteiger partial charge is 0.164 e. The number of hydrogen-bond acceptors (Lipinski definition) is 14. The summed E-state index contributed by atoms with van der Waals surface area (Å²) in [6.07, 6.45) is 7.37. The average Bonchev–Trinajstić information content (AvgIpc) is 0.795. The van der Waals surface area contributed by atoms with Crippen molar-refractivity contribution in [2.24, 2.45) is 0 Å². The number of fused-ring (bicyclic) bond motifs is 3. The van der Waals surface area contributed by atoms with Gasteiger partial charge in [-0.05, 0) is 92.4 Å². The summed E-state index contributed by atoms with van der Waals surface area (Å²) in [5.41, 5.74) is 24.9. The number of pyridine rings is 3. The second-order valence-electron chi connectivity index (χ2n) is 31.2. The van der Waals surface area contributed by atoms with E-state index in [9.17, 15) is 0 Å². The van der Waals surface area contributed by atoms with E-state index < -0.39 is 0 Å². The van der Waals surface area contributed by atoms with Gasteiger partial charge in [0.15, 0.2) is 58.2 Å². The molecule has 0 N–H and O–H groups in total. The van der Waals surface area contributed by atoms with Crippen molar-refractivity contribution in [2.75, 3.05) is 0 Å². The fourth-order valence-electron chi connectivity index (χ4n) is 15.7. The molecule has 23 aromatic rings. The molecule has 0 saturated heterocycles. The van der Waals surface area contributed by atoms with Crippen molar-refractivity contribution in [3.05, 3.63) is 486 Å². The number of aromatic nitrogens is 14. The Balaban J connectivity index is 0.000000110. The van der Waals surface area contributed by atoms with Gasteiger partial charge in [0.1, 0.15) is 0 Å². The first kappa shape index (κ1) is 82.2. The maximum absolute atomic E-state index is 4.89. The first-order valence-corrected chi connectivity index (χ1v) is 43.5. The summed E-state index contributed by atoms with van der Waals surface area (Å²) in [4.78, 5) is 66.1. The molecule has 0 spiro atoms. The topological polar surface area (TPSA) is 180 Å². The highest BCUT2D eigenvalue weighted by atomic mass is 15.1. The van der Waals surface area contributed by atoms with Crippen molar-refractivity contribution in [3.8, 4) is 181 Å². The normalized spacial score (nSPS) is 10.9. The monoisotopic (exact) mass is 1690 g/mol. The molecule has 132 heavy (non-hydrogen) atoms. The Kier molecular flexibility index (Phi) is 24.4. The van der Waals surface area contributed by atoms with E-state index in [0.29, 0.717) is 52.4 Å². The van der Waals surface area contributed by atoms with Crippen molar-refractivity contribution in [2.45, 2.75) is 0 Å². The lowest BCUT2D eigenvalue weighted by molar-refractivity contribution is 1.07. The summed E-state index contributed by atoms with van der Waals surface area (Å²) in [5, 5.41) is 4.57. The molecule has 14 nitrogen and oxygen atoms in total. The third-order valence-electron chi connectivity index (χ3n) is 22.5. The van der Waals surface area contributed by atoms with E-state index >= 15 is 0 Å². The number of rotatable bonds is 16. The molecule has 0 amide bonds. The summed E-state index contributed by atoms with van der Waals surface area (Å²) in [7, 11) is 0. The predicted molar refractivity (Wildman–Crippen MR) is 534 cm³/mol. The zero-order valence-corrected chi connectivity index (χ0v) is 71.4. The first-order valence-electron chi connectivity index (χ1n) is 43.5. The second-order valence-corrected chi connectivity index (χ2v) is 31.2. The van der Waals surface area contributed by atoms with Gasteiger partial charge in [-0.3, -0.25) is 15.0 Å². The Morgan fingerprint density at radius 1 is 0.136 bits per heavy atom. The van der Waals surface area contributed by atoms with Crippen LogP contribution in [0.2, 0.25) is 0 Å². The molecule has 7 heterocycles. The van der Waals surface area contributed by atoms with Crippen LogP contribution in [0.25, 0.3) is 213 Å². The third-order valence-corrected chi connectivity index (χ3v) is 22.5. The fraction of sp³-hybridized carbons (Fsp3) is 0. The summed E-state index contributed by atoms with van der Waals surface area (Å²) in [6.45, 7) is 0. The van der Waals surface area contributed by atoms with E-state index in [1.165, 1.54) is 22.1 Å². The molecule has 0 unspecified atom stereocenters. The highest BCUT2D eigenvalue weighted by molar-refractivity contribution is 5.97. The van der Waals surface area contributed by atoms with Crippen LogP contribution < -0.4 is 0 Å². The molecule has 16 aromatic carbocycles. The molecule has 0 saturated carbocycles. The SMILES string of the molecule is c1ccc(-c2ccc(-c3nc(-c4ccccc4)cc(-c4ccccc4)n3)cc2)cc1.c1ccc(-c2nc(-c3ccccc3)nc(-c3ccc(-c4ccc5ncccc5c4)cc3)n2)cc1.c1ccc(-c2nc(-c3ccccc3)nc(-c3ccc(-c4cccc5cnccc45)cc3)n2)cc1.c1ccc(-c2nc(-c3ccccc3)nc(-c3ccc(-c4cccc5ncccc45)cc3)n2)cc1. The number of benzene rings is 16. The van der Waals surface area contributed by atoms with Crippen molar-refractivity contribution in [3.63, 3.8) is 0 Å². The zero-order chi connectivity index (χ0) is 88.4. The predicted octanol–water partition coefficient (Wildman–Crippen LogP) is 28.4. The fourth-order valence-corrected chi connectivity index (χ4v) is 15.7. The van der Waals surface area contributed by atoms with Gasteiger partial charge in [-0.25, -0.2) is 54.8 Å². The maximum Gasteiger partial charge on any atom is 0.164 e. The summed E-state index contributed by atoms with van der Waals surface area (Å²) in [6, 6.07) is 156. The molecule has 0 aliphatic rings. The van der Waals surface area contributed by atoms with Crippen LogP contribution in [0, 0.1) is 0 Å². The van der Waals surface area contributed by atoms with Gasteiger partial charge in [0.05, 0.1) is 22.4 Å². The largest absolute Gasteiger partial charge is 0.264 e. The Bertz CT molecular complexity index is 7370. The van der Waals surface area contributed by atoms with Crippen LogP contribution in [0.3, 0.4) is 0 Å². The van der Waals surface area contributed by atoms with Crippen molar-refractivity contribution in [1.29, 1.82) is 0 Å². The van der Waals surface area contributed by atoms with Gasteiger partial charge in [-0.15, -0.1) is 0 Å². The van der Waals surface area contributed by atoms with Crippen molar-refractivity contribution in [1.82, 2.24) is 69.8 Å². The molecule has 23 rings (SSSR count). The standard InChI is InChI=1S/3C30H20N4.C28H20N2/c1-3-9-22(10-4-1)28-32-29(23-11-5-2-6-12-23)34-30(33-28)24-18-16-21(17-19-24)25-13-7-15-27-26(25)14-8-20-31-27;1-3-8-22(9-4-1)28-32-29(23-10-5-2-6-11-23)34-30(33-28)24-15-13-21(14-16-24)25-17-18-27-26(20-25)12-7-19-31-27;1-3-8-22(9-4-1)28-32-29(23-10-5-2-6-11-23)34-30(33-28)24-16-14-21(15-17-24)26-13-7-12-25-20-31-19-18-27(25)26;1-4-10-21(11-5-1)22-16-18-25(19-17-22)28-29-26(23-12-6-2-7-13-23)20-27(30-28)24-14-8-3-9-15-24/h3*1-20H;1-20H. The quantitative estimate of drug-likeness (QED) is 0.0891. The minimum atomic E-state index is 0.652. The zero-order valence-electron chi connectivity index (χ0n) is 71.4. The van der Waals surface area contributed by atoms with Crippen LogP contribution in [0.1, 0.15) is 0 Å². The van der Waals surface area contributed by atoms with Crippen LogP contribution in [0.4, 0.5) is 0 Å². The third kappa shape index (κ3) is 19.2. The molecular weight excluding hydrogens is 1610 g/mol. The molecule has 0 fully saturated rings. The van der Waals surface area contributed by atoms with Gasteiger partial charge in [-0.1, -0.05) is 419 Å². The maximum atomic E-state index is 4.89. The lowest BCUT2D eigenvalue weighted by atomic mass is 9.98. The Hall–Kier alpha value is -18.1. The minimum Gasteiger partial charge on any atom is -0.264 e. The highest BCUT2D eigenvalue weighted by Gasteiger charge is 2.19. The van der Waals surface area contributed by atoms with Crippen molar-refractivity contribution < 1.29 is 0 Å². The molecule has 0 aliphatic heterocycles. The first-order chi connectivity index (χ1) is 65.4. The van der Waals surface area contributed by atoms with Gasteiger partial charge >= 0.3 is 0 Å². The number of hydrogen-bond donors (Lipinski definition) is 0. The van der Waals surface area contributed by atoms with Gasteiger partial charge in [0.2, 0.25) is 0 Å². The van der Waals surface area contributed by atoms with Crippen LogP contribution >= 0.6 is 0 Å². The minimum absolute atomic E-state index is 0.652. The van der Waals surface area contributed by atoms with Gasteiger partial charge in [-0.2, -0.15) is 0 Å². The summed E-state index contributed by atoms with van der Waals surface area (Å²) >= 11 is 0. The van der Waals surface area contributed by atoms with Crippen LogP contribution in [0.5, 0.6) is 0 Å². The molecule has 14 heteroatoms. The van der Waals surface area contributed by atoms with Crippen LogP contribution in [0.15, 0.2) is 486 Å². The lowest BCUT2D eigenvalue weighted by Gasteiger charge is -2.10. The van der Waals surface area contributed by atoms with E-state index in [1.807, 2.05) is 274 Å². The van der Waals surface area contributed by atoms with Crippen molar-refractivity contribution >= 4 is 32.6 Å². The lowest BCUT2D eigenvalue weighted by Crippen LogP contribution is -2.00. The summed E-state index contributed by atoms with van der Waals surface area (Å²) in [5.74, 6) is 6.66. The van der Waals surface area contributed by atoms with E-state index in [0.717, 1.165) is 139 Å². The highest BCUT2D eigenvalue weighted by Crippen LogP contribution is 2.37. The van der Waals surface area contributed by atoms with E-state index in [4.69, 9.17) is 54.8 Å². The molecule has 0 bridgehead atoms. The molecule has 622 valence electrons. The van der Waals surface area contributed by atoms with E-state index in [1.54, 1.807) is 0 Å². The second kappa shape index (κ2) is 39.2.